The summed E-state index contributed by atoms with van der Waals surface area (Å²) >= 11 is 0. The van der Waals surface area contributed by atoms with Gasteiger partial charge >= 0.3 is 11.9 Å². The predicted octanol–water partition coefficient (Wildman–Crippen LogP) is 4.74. The summed E-state index contributed by atoms with van der Waals surface area (Å²) in [6.07, 6.45) is 11.3. The van der Waals surface area contributed by atoms with Gasteiger partial charge in [-0.3, -0.25) is 0 Å². The van der Waals surface area contributed by atoms with Crippen LogP contribution in [0.25, 0.3) is 0 Å². The van der Waals surface area contributed by atoms with Crippen molar-refractivity contribution in [2.75, 3.05) is 13.2 Å². The lowest BCUT2D eigenvalue weighted by molar-refractivity contribution is -0.142. The van der Waals surface area contributed by atoms with E-state index < -0.39 is 11.9 Å². The van der Waals surface area contributed by atoms with Crippen LogP contribution in [0.4, 0.5) is 0 Å². The van der Waals surface area contributed by atoms with Crippen LogP contribution < -0.4 is 0 Å². The van der Waals surface area contributed by atoms with Crippen molar-refractivity contribution in [2.45, 2.75) is 72.1 Å². The summed E-state index contributed by atoms with van der Waals surface area (Å²) in [6.45, 7) is 7.06. The molecule has 1 atom stereocenters. The van der Waals surface area contributed by atoms with Gasteiger partial charge in [0, 0.05) is 0 Å². The fourth-order valence-corrected chi connectivity index (χ4v) is 2.62. The van der Waals surface area contributed by atoms with Gasteiger partial charge in [-0.05, 0) is 31.6 Å². The van der Waals surface area contributed by atoms with Crippen LogP contribution in [0.1, 0.15) is 72.1 Å². The third kappa shape index (κ3) is 7.33. The molecule has 1 aliphatic rings. The van der Waals surface area contributed by atoms with E-state index in [-0.39, 0.29) is 5.92 Å². The molecular weight excluding hydrogens is 304 g/mol. The van der Waals surface area contributed by atoms with Gasteiger partial charge in [-0.2, -0.15) is 0 Å². The maximum absolute atomic E-state index is 12.4. The minimum absolute atomic E-state index is 0.241. The van der Waals surface area contributed by atoms with Crippen molar-refractivity contribution in [3.05, 3.63) is 23.3 Å². The fraction of sp³-hybridized carbons (Fsp3) is 0.700. The molecule has 0 heterocycles. The van der Waals surface area contributed by atoms with E-state index in [0.29, 0.717) is 24.4 Å². The first-order chi connectivity index (χ1) is 11.6. The van der Waals surface area contributed by atoms with E-state index in [0.717, 1.165) is 51.4 Å². The van der Waals surface area contributed by atoms with E-state index in [2.05, 4.69) is 13.8 Å². The third-order valence-electron chi connectivity index (χ3n) is 4.11. The van der Waals surface area contributed by atoms with E-state index >= 15 is 0 Å². The van der Waals surface area contributed by atoms with Crippen LogP contribution in [-0.4, -0.2) is 25.2 Å². The molecule has 0 aromatic heterocycles. The quantitative estimate of drug-likeness (QED) is 0.427. The lowest BCUT2D eigenvalue weighted by Crippen LogP contribution is -2.18. The van der Waals surface area contributed by atoms with E-state index in [1.54, 1.807) is 0 Å². The van der Waals surface area contributed by atoms with Crippen LogP contribution in [0.5, 0.6) is 0 Å². The van der Waals surface area contributed by atoms with Crippen molar-refractivity contribution in [1.82, 2.24) is 0 Å². The maximum atomic E-state index is 12.4. The summed E-state index contributed by atoms with van der Waals surface area (Å²) < 4.78 is 10.7. The number of hydrogen-bond acceptors (Lipinski definition) is 4. The Balaban J connectivity index is 2.71. The Morgan fingerprint density at radius 2 is 1.50 bits per heavy atom. The summed E-state index contributed by atoms with van der Waals surface area (Å²) in [7, 11) is 0. The topological polar surface area (TPSA) is 52.6 Å². The summed E-state index contributed by atoms with van der Waals surface area (Å²) in [5.41, 5.74) is 0.744. The molecule has 0 fully saturated rings. The van der Waals surface area contributed by atoms with Crippen LogP contribution in [0.3, 0.4) is 0 Å². The number of rotatable bonds is 10. The molecule has 0 N–H and O–H groups in total. The summed E-state index contributed by atoms with van der Waals surface area (Å²) in [4.78, 5) is 24.8. The van der Waals surface area contributed by atoms with Gasteiger partial charge in [-0.15, -0.1) is 0 Å². The number of esters is 2. The second-order valence-corrected chi connectivity index (χ2v) is 6.44. The lowest BCUT2D eigenvalue weighted by atomic mass is 10.0. The lowest BCUT2D eigenvalue weighted by Gasteiger charge is -2.12. The van der Waals surface area contributed by atoms with Crippen molar-refractivity contribution < 1.29 is 19.1 Å². The highest BCUT2D eigenvalue weighted by Gasteiger charge is 2.25. The molecule has 0 aromatic carbocycles. The zero-order valence-electron chi connectivity index (χ0n) is 15.4. The van der Waals surface area contributed by atoms with Gasteiger partial charge in [-0.1, -0.05) is 58.6 Å². The Hall–Kier alpha value is -1.58. The van der Waals surface area contributed by atoms with Crippen molar-refractivity contribution in [3.63, 3.8) is 0 Å². The summed E-state index contributed by atoms with van der Waals surface area (Å²) in [6, 6.07) is 0. The first-order valence-corrected chi connectivity index (χ1v) is 9.36. The molecule has 0 bridgehead atoms. The monoisotopic (exact) mass is 336 g/mol. The van der Waals surface area contributed by atoms with Crippen LogP contribution in [0.2, 0.25) is 0 Å². The molecule has 1 rings (SSSR count). The van der Waals surface area contributed by atoms with Crippen molar-refractivity contribution in [3.8, 4) is 0 Å². The molecule has 0 saturated carbocycles. The largest absolute Gasteiger partial charge is 0.462 e. The second kappa shape index (κ2) is 11.9. The number of carbonyl (C=O) groups is 2. The van der Waals surface area contributed by atoms with Gasteiger partial charge in [0.1, 0.15) is 0 Å². The highest BCUT2D eigenvalue weighted by Crippen LogP contribution is 2.24. The van der Waals surface area contributed by atoms with Crippen molar-refractivity contribution in [2.24, 2.45) is 5.92 Å². The van der Waals surface area contributed by atoms with Crippen LogP contribution >= 0.6 is 0 Å². The standard InChI is InChI=1S/C20H32O4/c1-4-6-8-13-23-19(21)17-12-10-11-16(3)15-18(17)20(22)24-14-9-7-5-2/h12,15-16H,4-11,13-14H2,1-3H3. The number of ether oxygens (including phenoxy) is 2. The van der Waals surface area contributed by atoms with Crippen LogP contribution in [-0.2, 0) is 19.1 Å². The number of hydrogen-bond donors (Lipinski definition) is 0. The van der Waals surface area contributed by atoms with E-state index in [9.17, 15) is 9.59 Å². The van der Waals surface area contributed by atoms with Gasteiger partial charge in [0.25, 0.3) is 0 Å². The molecule has 0 saturated heterocycles. The van der Waals surface area contributed by atoms with Crippen molar-refractivity contribution >= 4 is 11.9 Å². The zero-order valence-corrected chi connectivity index (χ0v) is 15.4. The average molecular weight is 336 g/mol. The van der Waals surface area contributed by atoms with E-state index in [1.165, 1.54) is 0 Å². The smallest absolute Gasteiger partial charge is 0.338 e. The molecule has 0 radical (unpaired) electrons. The van der Waals surface area contributed by atoms with E-state index in [1.807, 2.05) is 19.1 Å². The molecule has 0 aromatic rings. The zero-order chi connectivity index (χ0) is 17.8. The Kier molecular flexibility index (Phi) is 10.1. The minimum atomic E-state index is -0.406. The van der Waals surface area contributed by atoms with Gasteiger partial charge in [0.05, 0.1) is 24.4 Å². The normalized spacial score (nSPS) is 17.5. The number of carbonyl (C=O) groups excluding carboxylic acids is 2. The van der Waals surface area contributed by atoms with Crippen LogP contribution in [0.15, 0.2) is 23.3 Å². The molecular formula is C20H32O4. The Bertz CT molecular complexity index is 462. The van der Waals surface area contributed by atoms with Gasteiger partial charge in [-0.25, -0.2) is 9.59 Å². The molecule has 4 nitrogen and oxygen atoms in total. The average Bonchev–Trinajstić information content (AvgIpc) is 2.77. The van der Waals surface area contributed by atoms with E-state index in [4.69, 9.17) is 9.47 Å². The molecule has 0 amide bonds. The Morgan fingerprint density at radius 1 is 0.958 bits per heavy atom. The highest BCUT2D eigenvalue weighted by molar-refractivity contribution is 6.07. The van der Waals surface area contributed by atoms with Gasteiger partial charge in [0.2, 0.25) is 0 Å². The molecule has 24 heavy (non-hydrogen) atoms. The first-order valence-electron chi connectivity index (χ1n) is 9.36. The predicted molar refractivity (Wildman–Crippen MR) is 95.5 cm³/mol. The number of unbranched alkanes of at least 4 members (excludes halogenated alkanes) is 4. The summed E-state index contributed by atoms with van der Waals surface area (Å²) in [5, 5.41) is 0. The highest BCUT2D eigenvalue weighted by atomic mass is 16.5. The Morgan fingerprint density at radius 3 is 2.04 bits per heavy atom. The molecule has 1 aliphatic carbocycles. The maximum Gasteiger partial charge on any atom is 0.338 e. The van der Waals surface area contributed by atoms with Gasteiger partial charge < -0.3 is 9.47 Å². The minimum Gasteiger partial charge on any atom is -0.462 e. The van der Waals surface area contributed by atoms with Crippen LogP contribution in [0, 0.1) is 5.92 Å². The molecule has 0 spiro atoms. The fourth-order valence-electron chi connectivity index (χ4n) is 2.62. The Labute approximate surface area is 146 Å². The second-order valence-electron chi connectivity index (χ2n) is 6.44. The van der Waals surface area contributed by atoms with Gasteiger partial charge in [0.15, 0.2) is 0 Å². The number of allylic oxidation sites excluding steroid dienone is 2. The first kappa shape index (κ1) is 20.5. The molecule has 1 unspecified atom stereocenters. The molecule has 4 heteroatoms. The third-order valence-corrected chi connectivity index (χ3v) is 4.11. The SMILES string of the molecule is CCCCCOC(=O)C1=CCCC(C)C=C1C(=O)OCCCCC. The molecule has 136 valence electrons. The summed E-state index contributed by atoms with van der Waals surface area (Å²) in [5.74, 6) is -0.571. The molecule has 0 aliphatic heterocycles. The van der Waals surface area contributed by atoms with Crippen molar-refractivity contribution in [1.29, 1.82) is 0 Å².